The number of aliphatic hydroxyl groups excluding tert-OH is 1. The Morgan fingerprint density at radius 2 is 1.94 bits per heavy atom. The van der Waals surface area contributed by atoms with E-state index in [1.807, 2.05) is 12.1 Å². The van der Waals surface area contributed by atoms with E-state index in [4.69, 9.17) is 9.47 Å². The Hall–Kier alpha value is -2.21. The van der Waals surface area contributed by atoms with Gasteiger partial charge in [-0.05, 0) is 48.9 Å². The number of benzene rings is 2. The second-order valence-corrected chi connectivity index (χ2v) is 8.74. The molecule has 0 aromatic heterocycles. The molecule has 2 aromatic rings. The zero-order chi connectivity index (χ0) is 22.2. The van der Waals surface area contributed by atoms with Gasteiger partial charge in [-0.1, -0.05) is 50.2 Å². The Balaban J connectivity index is 1.61. The molecule has 0 saturated carbocycles. The van der Waals surface area contributed by atoms with Gasteiger partial charge in [-0.3, -0.25) is 9.69 Å². The molecule has 1 aliphatic heterocycles. The molecule has 0 aliphatic carbocycles. The number of ether oxygens (including phenoxy) is 2. The van der Waals surface area contributed by atoms with Crippen LogP contribution in [0.5, 0.6) is 5.75 Å². The highest BCUT2D eigenvalue weighted by Crippen LogP contribution is 2.20. The highest BCUT2D eigenvalue weighted by Gasteiger charge is 2.22. The molecule has 5 nitrogen and oxygen atoms in total. The van der Waals surface area contributed by atoms with Gasteiger partial charge in [-0.25, -0.2) is 0 Å². The molecule has 2 unspecified atom stereocenters. The molecule has 1 saturated heterocycles. The average molecular weight is 426 g/mol. The number of carbonyl (C=O) groups is 1. The Morgan fingerprint density at radius 1 is 1.19 bits per heavy atom. The van der Waals surface area contributed by atoms with E-state index in [-0.39, 0.29) is 18.5 Å². The molecule has 3 rings (SSSR count). The van der Waals surface area contributed by atoms with Crippen molar-refractivity contribution in [2.45, 2.75) is 58.3 Å². The van der Waals surface area contributed by atoms with Crippen LogP contribution in [0.15, 0.2) is 48.5 Å². The normalized spacial score (nSPS) is 17.3. The van der Waals surface area contributed by atoms with E-state index in [1.54, 1.807) is 12.1 Å². The molecule has 1 aliphatic rings. The number of ketones is 1. The van der Waals surface area contributed by atoms with Crippen LogP contribution < -0.4 is 4.74 Å². The summed E-state index contributed by atoms with van der Waals surface area (Å²) in [5.74, 6) is 0.979. The molecule has 168 valence electrons. The Labute approximate surface area is 186 Å². The van der Waals surface area contributed by atoms with Gasteiger partial charge in [0.1, 0.15) is 18.5 Å². The predicted molar refractivity (Wildman–Crippen MR) is 123 cm³/mol. The van der Waals surface area contributed by atoms with Crippen LogP contribution in [0.25, 0.3) is 0 Å². The van der Waals surface area contributed by atoms with Gasteiger partial charge < -0.3 is 14.6 Å². The Morgan fingerprint density at radius 3 is 2.58 bits per heavy atom. The van der Waals surface area contributed by atoms with Crippen LogP contribution in [0.1, 0.15) is 61.0 Å². The standard InChI is InChI=1S/C26H35NO4/c1-19(2)22-12-10-21(11-13-22)15-27(17-24-7-6-14-30-24)16-23(29)18-31-26-9-5-4-8-25(26)20(3)28/h4-5,8-13,19,23-24,29H,6-7,14-18H2,1-3H3. The van der Waals surface area contributed by atoms with Crippen molar-refractivity contribution in [2.75, 3.05) is 26.3 Å². The van der Waals surface area contributed by atoms with Crippen LogP contribution in [-0.2, 0) is 11.3 Å². The van der Waals surface area contributed by atoms with Gasteiger partial charge in [0.25, 0.3) is 0 Å². The topological polar surface area (TPSA) is 59.0 Å². The zero-order valence-electron chi connectivity index (χ0n) is 18.9. The van der Waals surface area contributed by atoms with Crippen LogP contribution in [0.2, 0.25) is 0 Å². The lowest BCUT2D eigenvalue weighted by atomic mass is 10.0. The van der Waals surface area contributed by atoms with E-state index < -0.39 is 6.10 Å². The maximum atomic E-state index is 11.8. The first-order valence-corrected chi connectivity index (χ1v) is 11.3. The largest absolute Gasteiger partial charge is 0.490 e. The molecule has 1 N–H and O–H groups in total. The Bertz CT molecular complexity index is 828. The summed E-state index contributed by atoms with van der Waals surface area (Å²) in [7, 11) is 0. The molecule has 0 amide bonds. The quantitative estimate of drug-likeness (QED) is 0.540. The summed E-state index contributed by atoms with van der Waals surface area (Å²) in [5.41, 5.74) is 3.08. The first-order valence-electron chi connectivity index (χ1n) is 11.3. The highest BCUT2D eigenvalue weighted by atomic mass is 16.5. The summed E-state index contributed by atoms with van der Waals surface area (Å²) in [4.78, 5) is 14.0. The fourth-order valence-electron chi connectivity index (χ4n) is 3.97. The third kappa shape index (κ3) is 7.17. The molecular weight excluding hydrogens is 390 g/mol. The summed E-state index contributed by atoms with van der Waals surface area (Å²) in [6.45, 7) is 8.87. The average Bonchev–Trinajstić information content (AvgIpc) is 3.25. The Kier molecular flexibility index (Phi) is 8.64. The van der Waals surface area contributed by atoms with Crippen LogP contribution in [0.3, 0.4) is 0 Å². The minimum absolute atomic E-state index is 0.0463. The zero-order valence-corrected chi connectivity index (χ0v) is 18.9. The number of rotatable bonds is 11. The van der Waals surface area contributed by atoms with Crippen molar-refractivity contribution >= 4 is 5.78 Å². The molecule has 5 heteroatoms. The van der Waals surface area contributed by atoms with Crippen molar-refractivity contribution in [2.24, 2.45) is 0 Å². The number of carbonyl (C=O) groups excluding carboxylic acids is 1. The molecule has 1 heterocycles. The van der Waals surface area contributed by atoms with Crippen molar-refractivity contribution in [1.29, 1.82) is 0 Å². The van der Waals surface area contributed by atoms with Crippen molar-refractivity contribution in [3.63, 3.8) is 0 Å². The van der Waals surface area contributed by atoms with Crippen LogP contribution in [-0.4, -0.2) is 54.3 Å². The number of hydrogen-bond acceptors (Lipinski definition) is 5. The number of para-hydroxylation sites is 1. The van der Waals surface area contributed by atoms with E-state index in [1.165, 1.54) is 18.1 Å². The summed E-state index contributed by atoms with van der Waals surface area (Å²) in [6, 6.07) is 15.9. The molecule has 2 atom stereocenters. The van der Waals surface area contributed by atoms with Crippen molar-refractivity contribution in [1.82, 2.24) is 4.90 Å². The molecule has 0 bridgehead atoms. The van der Waals surface area contributed by atoms with Crippen LogP contribution in [0, 0.1) is 0 Å². The van der Waals surface area contributed by atoms with Crippen molar-refractivity contribution in [3.8, 4) is 5.75 Å². The van der Waals surface area contributed by atoms with Gasteiger partial charge in [-0.2, -0.15) is 0 Å². The fraction of sp³-hybridized carbons (Fsp3) is 0.500. The van der Waals surface area contributed by atoms with E-state index in [0.29, 0.717) is 23.8 Å². The van der Waals surface area contributed by atoms with Gasteiger partial charge >= 0.3 is 0 Å². The third-order valence-corrected chi connectivity index (χ3v) is 5.70. The lowest BCUT2D eigenvalue weighted by Gasteiger charge is -2.27. The maximum absolute atomic E-state index is 11.8. The summed E-state index contributed by atoms with van der Waals surface area (Å²) in [5, 5.41) is 10.7. The number of aliphatic hydroxyl groups is 1. The first kappa shape index (κ1) is 23.5. The summed E-state index contributed by atoms with van der Waals surface area (Å²) < 4.78 is 11.6. The molecule has 31 heavy (non-hydrogen) atoms. The number of Topliss-reactive ketones (excluding diaryl/α,β-unsaturated/α-hetero) is 1. The number of nitrogens with zero attached hydrogens (tertiary/aromatic N) is 1. The van der Waals surface area contributed by atoms with Gasteiger partial charge in [0.2, 0.25) is 0 Å². The van der Waals surface area contributed by atoms with E-state index in [0.717, 1.165) is 32.5 Å². The second kappa shape index (κ2) is 11.4. The van der Waals surface area contributed by atoms with Crippen molar-refractivity contribution < 1.29 is 19.4 Å². The third-order valence-electron chi connectivity index (χ3n) is 5.70. The van der Waals surface area contributed by atoms with E-state index >= 15 is 0 Å². The number of hydrogen-bond donors (Lipinski definition) is 1. The minimum Gasteiger partial charge on any atom is -0.490 e. The lowest BCUT2D eigenvalue weighted by molar-refractivity contribution is 0.0312. The molecule has 2 aromatic carbocycles. The van der Waals surface area contributed by atoms with Crippen LogP contribution in [0.4, 0.5) is 0 Å². The van der Waals surface area contributed by atoms with Crippen molar-refractivity contribution in [3.05, 3.63) is 65.2 Å². The molecule has 0 spiro atoms. The first-order chi connectivity index (χ1) is 14.9. The maximum Gasteiger partial charge on any atom is 0.163 e. The van der Waals surface area contributed by atoms with E-state index in [2.05, 4.69) is 43.0 Å². The molecular formula is C26H35NO4. The van der Waals surface area contributed by atoms with Crippen LogP contribution >= 0.6 is 0 Å². The lowest BCUT2D eigenvalue weighted by Crippen LogP contribution is -2.39. The van der Waals surface area contributed by atoms with E-state index in [9.17, 15) is 9.90 Å². The van der Waals surface area contributed by atoms with Gasteiger partial charge in [0, 0.05) is 26.2 Å². The summed E-state index contributed by atoms with van der Waals surface area (Å²) >= 11 is 0. The smallest absolute Gasteiger partial charge is 0.163 e. The van der Waals surface area contributed by atoms with Gasteiger partial charge in [-0.15, -0.1) is 0 Å². The highest BCUT2D eigenvalue weighted by molar-refractivity contribution is 5.96. The molecule has 0 radical (unpaired) electrons. The molecule has 1 fully saturated rings. The summed E-state index contributed by atoms with van der Waals surface area (Å²) in [6.07, 6.45) is 1.69. The second-order valence-electron chi connectivity index (χ2n) is 8.74. The monoisotopic (exact) mass is 425 g/mol. The van der Waals surface area contributed by atoms with Gasteiger partial charge in [0.05, 0.1) is 11.7 Å². The van der Waals surface area contributed by atoms with Gasteiger partial charge in [0.15, 0.2) is 5.78 Å². The predicted octanol–water partition coefficient (Wildman–Crippen LogP) is 4.43. The fourth-order valence-corrected chi connectivity index (χ4v) is 3.97. The minimum atomic E-state index is -0.670. The SMILES string of the molecule is CC(=O)c1ccccc1OCC(O)CN(Cc1ccc(C(C)C)cc1)CC1CCCO1.